The largest absolute Gasteiger partial charge is 0.609 e. The van der Waals surface area contributed by atoms with Gasteiger partial charge in [-0.05, 0) is 26.0 Å². The summed E-state index contributed by atoms with van der Waals surface area (Å²) in [5, 5.41) is 0.349. The molecule has 0 aromatic carbocycles. The Hall–Kier alpha value is -1.76. The molecule has 27 heavy (non-hydrogen) atoms. The van der Waals surface area contributed by atoms with Gasteiger partial charge in [0.25, 0.3) is 0 Å². The van der Waals surface area contributed by atoms with Crippen LogP contribution in [-0.4, -0.2) is 67.8 Å². The van der Waals surface area contributed by atoms with Gasteiger partial charge in [0.2, 0.25) is 5.88 Å². The summed E-state index contributed by atoms with van der Waals surface area (Å²) in [7, 11) is 1.60. The van der Waals surface area contributed by atoms with Crippen molar-refractivity contribution in [2.24, 2.45) is 0 Å². The van der Waals surface area contributed by atoms with Gasteiger partial charge in [0.05, 0.1) is 12.8 Å². The van der Waals surface area contributed by atoms with Crippen LogP contribution in [-0.2, 0) is 16.9 Å². The second-order valence-electron chi connectivity index (χ2n) is 5.35. The fourth-order valence-electron chi connectivity index (χ4n) is 2.34. The standard InChI is InChI=1S/C18H18N4O3S.Na/c1-4-5-10-25-16-7-6-13-17(21-16)22-18(20-13)26(23)11-14-12(2)15(24-3)8-9-19-14;/h6-9H,10-11H2,1-3H3,(H,20,21,22);. The van der Waals surface area contributed by atoms with Crippen molar-refractivity contribution < 1.29 is 14.0 Å². The fourth-order valence-corrected chi connectivity index (χ4v) is 3.43. The molecule has 0 fully saturated rings. The molecule has 135 valence electrons. The maximum atomic E-state index is 12.7. The summed E-state index contributed by atoms with van der Waals surface area (Å²) in [6, 6.07) is 5.25. The molecule has 0 saturated carbocycles. The van der Waals surface area contributed by atoms with Crippen molar-refractivity contribution in [2.45, 2.75) is 24.8 Å². The molecule has 1 atom stereocenters. The number of nitrogens with zero attached hydrogens (tertiary/aromatic N) is 3. The van der Waals surface area contributed by atoms with Crippen LogP contribution in [0.25, 0.3) is 11.2 Å². The third-order valence-corrected chi connectivity index (χ3v) is 4.89. The first-order valence-electron chi connectivity index (χ1n) is 7.88. The molecule has 0 bridgehead atoms. The van der Waals surface area contributed by atoms with E-state index < -0.39 is 11.2 Å². The van der Waals surface area contributed by atoms with Crippen molar-refractivity contribution in [2.75, 3.05) is 13.7 Å². The molecule has 0 saturated heterocycles. The molecule has 0 spiro atoms. The molecule has 1 radical (unpaired) electrons. The maximum absolute atomic E-state index is 12.7. The smallest absolute Gasteiger partial charge is 0.323 e. The Kier molecular flexibility index (Phi) is 7.95. The van der Waals surface area contributed by atoms with Crippen molar-refractivity contribution >= 4 is 51.9 Å². The Morgan fingerprint density at radius 3 is 2.81 bits per heavy atom. The molecular formula is C18H18N4NaO3S. The van der Waals surface area contributed by atoms with E-state index in [0.29, 0.717) is 27.9 Å². The van der Waals surface area contributed by atoms with Crippen LogP contribution < -0.4 is 9.47 Å². The summed E-state index contributed by atoms with van der Waals surface area (Å²) in [4.78, 5) is 16.0. The summed E-state index contributed by atoms with van der Waals surface area (Å²) in [6.07, 6.45) is 1.64. The van der Waals surface area contributed by atoms with E-state index in [1.807, 2.05) is 6.92 Å². The molecule has 0 aliphatic carbocycles. The quantitative estimate of drug-likeness (QED) is 0.391. The number of pyridine rings is 2. The molecular weight excluding hydrogens is 375 g/mol. The zero-order valence-electron chi connectivity index (χ0n) is 15.7. The summed E-state index contributed by atoms with van der Waals surface area (Å²) < 4.78 is 23.4. The van der Waals surface area contributed by atoms with Crippen LogP contribution in [0.2, 0.25) is 0 Å². The molecule has 9 heteroatoms. The molecule has 1 unspecified atom stereocenters. The van der Waals surface area contributed by atoms with E-state index >= 15 is 0 Å². The molecule has 0 aliphatic rings. The van der Waals surface area contributed by atoms with Gasteiger partial charge in [-0.3, -0.25) is 9.97 Å². The van der Waals surface area contributed by atoms with Crippen LogP contribution in [0, 0.1) is 18.8 Å². The Morgan fingerprint density at radius 1 is 1.26 bits per heavy atom. The van der Waals surface area contributed by atoms with Crippen LogP contribution in [0.4, 0.5) is 0 Å². The van der Waals surface area contributed by atoms with Crippen molar-refractivity contribution in [3.05, 3.63) is 35.7 Å². The van der Waals surface area contributed by atoms with Crippen LogP contribution in [0.15, 0.2) is 29.6 Å². The van der Waals surface area contributed by atoms with Gasteiger partial charge in [0.15, 0.2) is 18.0 Å². The summed E-state index contributed by atoms with van der Waals surface area (Å²) in [6.45, 7) is 3.90. The van der Waals surface area contributed by atoms with Crippen LogP contribution in [0.5, 0.6) is 11.6 Å². The van der Waals surface area contributed by atoms with Gasteiger partial charge in [-0.15, -0.1) is 5.92 Å². The van der Waals surface area contributed by atoms with Crippen LogP contribution in [0.3, 0.4) is 0 Å². The van der Waals surface area contributed by atoms with E-state index in [9.17, 15) is 4.55 Å². The number of fused-ring (bicyclic) bond motifs is 1. The van der Waals surface area contributed by atoms with E-state index in [-0.39, 0.29) is 41.9 Å². The molecule has 3 heterocycles. The number of aromatic nitrogens is 4. The molecule has 1 N–H and O–H groups in total. The van der Waals surface area contributed by atoms with Gasteiger partial charge in [-0.25, -0.2) is 0 Å². The molecule has 0 amide bonds. The molecule has 7 nitrogen and oxygen atoms in total. The van der Waals surface area contributed by atoms with E-state index in [1.54, 1.807) is 38.4 Å². The maximum Gasteiger partial charge on any atom is 0.323 e. The minimum Gasteiger partial charge on any atom is -0.609 e. The van der Waals surface area contributed by atoms with Gasteiger partial charge in [-0.1, -0.05) is 5.92 Å². The van der Waals surface area contributed by atoms with Gasteiger partial charge in [0, 0.05) is 58.6 Å². The first-order valence-corrected chi connectivity index (χ1v) is 9.20. The van der Waals surface area contributed by atoms with E-state index in [2.05, 4.69) is 31.8 Å². The minimum atomic E-state index is -1.39. The number of nitrogens with one attached hydrogen (secondary N) is 1. The van der Waals surface area contributed by atoms with Crippen molar-refractivity contribution in [1.82, 2.24) is 19.9 Å². The van der Waals surface area contributed by atoms with Crippen molar-refractivity contribution in [3.8, 4) is 23.5 Å². The number of aromatic amines is 1. The number of H-pyrrole nitrogens is 1. The Morgan fingerprint density at radius 2 is 2.07 bits per heavy atom. The number of imidazole rings is 1. The normalized spacial score (nSPS) is 11.3. The first-order chi connectivity index (χ1) is 12.6. The Labute approximate surface area is 182 Å². The summed E-state index contributed by atoms with van der Waals surface area (Å²) in [5.41, 5.74) is 2.71. The Balaban J connectivity index is 0.00000261. The van der Waals surface area contributed by atoms with Gasteiger partial charge in [0.1, 0.15) is 11.3 Å². The Bertz CT molecular complexity index is 984. The SMILES string of the molecule is CC#CCOc1ccc2nc([S+]([O-])Cc3nccc(OC)c3C)[nH]c2n1.[Na]. The van der Waals surface area contributed by atoms with E-state index in [4.69, 9.17) is 9.47 Å². The fraction of sp³-hybridized carbons (Fsp3) is 0.278. The number of hydrogen-bond acceptors (Lipinski definition) is 6. The van der Waals surface area contributed by atoms with Crippen LogP contribution >= 0.6 is 0 Å². The predicted molar refractivity (Wildman–Crippen MR) is 104 cm³/mol. The van der Waals surface area contributed by atoms with Gasteiger partial charge >= 0.3 is 5.16 Å². The monoisotopic (exact) mass is 393 g/mol. The zero-order valence-corrected chi connectivity index (χ0v) is 18.5. The topological polar surface area (TPSA) is 96.0 Å². The second kappa shape index (κ2) is 9.97. The third-order valence-electron chi connectivity index (χ3n) is 3.73. The number of ether oxygens (including phenoxy) is 2. The van der Waals surface area contributed by atoms with E-state index in [1.165, 1.54) is 0 Å². The minimum absolute atomic E-state index is 0. The second-order valence-corrected chi connectivity index (χ2v) is 6.72. The van der Waals surface area contributed by atoms with Crippen LogP contribution in [0.1, 0.15) is 18.2 Å². The number of rotatable bonds is 6. The number of hydrogen-bond donors (Lipinski definition) is 1. The summed E-state index contributed by atoms with van der Waals surface area (Å²) in [5.74, 6) is 6.95. The average molecular weight is 393 g/mol. The third kappa shape index (κ3) is 5.15. The zero-order chi connectivity index (χ0) is 18.5. The molecule has 3 aromatic heterocycles. The number of methoxy groups -OCH3 is 1. The average Bonchev–Trinajstić information content (AvgIpc) is 3.07. The first kappa shape index (κ1) is 21.5. The van der Waals surface area contributed by atoms with Gasteiger partial charge in [-0.2, -0.15) is 9.97 Å². The van der Waals surface area contributed by atoms with Crippen molar-refractivity contribution in [3.63, 3.8) is 0 Å². The molecule has 3 aromatic rings. The molecule has 0 aliphatic heterocycles. The van der Waals surface area contributed by atoms with Gasteiger partial charge < -0.3 is 14.0 Å². The molecule has 3 rings (SSSR count). The van der Waals surface area contributed by atoms with E-state index in [0.717, 1.165) is 11.3 Å². The van der Waals surface area contributed by atoms with Crippen molar-refractivity contribution in [1.29, 1.82) is 0 Å². The summed E-state index contributed by atoms with van der Waals surface area (Å²) >= 11 is -1.39. The predicted octanol–water partition coefficient (Wildman–Crippen LogP) is 2.00.